The molecule has 1 aromatic heterocycles. The lowest BCUT2D eigenvalue weighted by molar-refractivity contribution is 0.0885. The van der Waals surface area contributed by atoms with Crippen LogP contribution < -0.4 is 11.1 Å². The molecule has 124 valence electrons. The molecule has 1 atom stereocenters. The fraction of sp³-hybridized carbons (Fsp3) is 0.643. The summed E-state index contributed by atoms with van der Waals surface area (Å²) in [6, 6.07) is 1.74. The Labute approximate surface area is 139 Å². The molecule has 0 bridgehead atoms. The predicted molar refractivity (Wildman–Crippen MR) is 90.4 cm³/mol. The number of carbonyl (C=O) groups is 1. The Balaban J connectivity index is 0. The van der Waals surface area contributed by atoms with Gasteiger partial charge in [-0.2, -0.15) is 0 Å². The van der Waals surface area contributed by atoms with Gasteiger partial charge in [0.2, 0.25) is 0 Å². The second kappa shape index (κ2) is 9.30. The van der Waals surface area contributed by atoms with Gasteiger partial charge in [0.1, 0.15) is 12.0 Å². The Morgan fingerprint density at radius 1 is 1.43 bits per heavy atom. The van der Waals surface area contributed by atoms with E-state index in [9.17, 15) is 4.79 Å². The zero-order valence-electron chi connectivity index (χ0n) is 13.3. The predicted octanol–water partition coefficient (Wildman–Crippen LogP) is 2.29. The van der Waals surface area contributed by atoms with E-state index >= 15 is 0 Å². The van der Waals surface area contributed by atoms with Crippen molar-refractivity contribution in [2.45, 2.75) is 33.4 Å². The molecule has 1 heterocycles. The zero-order valence-corrected chi connectivity index (χ0v) is 14.9. The maximum Gasteiger partial charge on any atom is 0.254 e. The van der Waals surface area contributed by atoms with E-state index in [1.165, 1.54) is 6.26 Å². The largest absolute Gasteiger partial charge is 0.467 e. The minimum Gasteiger partial charge on any atom is -0.467 e. The Bertz CT molecular complexity index is 434. The summed E-state index contributed by atoms with van der Waals surface area (Å²) in [5.41, 5.74) is 5.96. The van der Waals surface area contributed by atoms with Crippen LogP contribution in [0.25, 0.3) is 0 Å². The minimum atomic E-state index is -0.122. The maximum absolute atomic E-state index is 12.1. The first-order valence-corrected chi connectivity index (χ1v) is 6.49. The first kappa shape index (κ1) is 22.5. The van der Waals surface area contributed by atoms with Crippen molar-refractivity contribution >= 4 is 30.7 Å². The van der Waals surface area contributed by atoms with Crippen LogP contribution in [0.3, 0.4) is 0 Å². The van der Waals surface area contributed by atoms with Crippen molar-refractivity contribution in [2.24, 2.45) is 11.1 Å². The quantitative estimate of drug-likeness (QED) is 0.833. The van der Waals surface area contributed by atoms with Crippen LogP contribution in [0.1, 0.15) is 36.9 Å². The lowest BCUT2D eigenvalue weighted by Crippen LogP contribution is -2.47. The van der Waals surface area contributed by atoms with E-state index in [1.54, 1.807) is 6.07 Å². The average Bonchev–Trinajstić information content (AvgIpc) is 2.75. The van der Waals surface area contributed by atoms with Gasteiger partial charge < -0.3 is 20.4 Å². The molecule has 0 spiro atoms. The molecule has 1 unspecified atom stereocenters. The summed E-state index contributed by atoms with van der Waals surface area (Å²) in [5, 5.41) is 3.01. The van der Waals surface area contributed by atoms with E-state index in [4.69, 9.17) is 10.2 Å². The number of furan rings is 1. The lowest BCUT2D eigenvalue weighted by Gasteiger charge is -2.34. The van der Waals surface area contributed by atoms with Gasteiger partial charge in [-0.25, -0.2) is 0 Å². The lowest BCUT2D eigenvalue weighted by atomic mass is 9.85. The summed E-state index contributed by atoms with van der Waals surface area (Å²) in [4.78, 5) is 14.2. The summed E-state index contributed by atoms with van der Waals surface area (Å²) >= 11 is 0. The third-order valence-corrected chi connectivity index (χ3v) is 3.36. The van der Waals surface area contributed by atoms with Gasteiger partial charge in [0.25, 0.3) is 5.91 Å². The second-order valence-electron chi connectivity index (χ2n) is 5.93. The van der Waals surface area contributed by atoms with Crippen molar-refractivity contribution < 1.29 is 9.21 Å². The van der Waals surface area contributed by atoms with Gasteiger partial charge in [-0.3, -0.25) is 4.79 Å². The molecule has 1 aromatic rings. The molecule has 5 nitrogen and oxygen atoms in total. The molecule has 0 aromatic carbocycles. The van der Waals surface area contributed by atoms with Crippen molar-refractivity contribution in [3.05, 3.63) is 23.7 Å². The maximum atomic E-state index is 12.1. The van der Waals surface area contributed by atoms with Crippen LogP contribution in [-0.4, -0.2) is 37.5 Å². The highest BCUT2D eigenvalue weighted by atomic mass is 35.5. The molecule has 1 rings (SSSR count). The Morgan fingerprint density at radius 2 is 2.00 bits per heavy atom. The zero-order chi connectivity index (χ0) is 14.6. The third-order valence-electron chi connectivity index (χ3n) is 3.36. The molecule has 0 saturated carbocycles. The van der Waals surface area contributed by atoms with E-state index in [0.717, 1.165) is 6.54 Å². The molecular weight excluding hydrogens is 313 g/mol. The number of nitrogens with zero attached hydrogens (tertiary/aromatic N) is 1. The van der Waals surface area contributed by atoms with E-state index in [0.29, 0.717) is 17.9 Å². The van der Waals surface area contributed by atoms with E-state index in [-0.39, 0.29) is 42.2 Å². The molecule has 7 heteroatoms. The Hall–Kier alpha value is -0.750. The van der Waals surface area contributed by atoms with Crippen molar-refractivity contribution in [2.75, 3.05) is 20.6 Å². The SMILES string of the molecule is CC(NC(=O)c1coc(CN)c1)C(C)(C)CN(C)C.Cl.Cl. The van der Waals surface area contributed by atoms with Gasteiger partial charge in [-0.15, -0.1) is 24.8 Å². The topological polar surface area (TPSA) is 71.5 Å². The first-order chi connectivity index (χ1) is 8.76. The standard InChI is InChI=1S/C14H25N3O2.2ClH/c1-10(14(2,3)9-17(4)5)16-13(18)11-6-12(7-15)19-8-11;;/h6,8,10H,7,9,15H2,1-5H3,(H,16,18);2*1H. The molecule has 0 radical (unpaired) electrons. The number of nitrogens with two attached hydrogens (primary N) is 1. The van der Waals surface area contributed by atoms with Crippen LogP contribution in [0, 0.1) is 5.41 Å². The van der Waals surface area contributed by atoms with Crippen LogP contribution in [0.2, 0.25) is 0 Å². The number of carbonyl (C=O) groups excluding carboxylic acids is 1. The first-order valence-electron chi connectivity index (χ1n) is 6.49. The van der Waals surface area contributed by atoms with Gasteiger partial charge in [0, 0.05) is 12.6 Å². The van der Waals surface area contributed by atoms with Gasteiger partial charge in [-0.1, -0.05) is 13.8 Å². The summed E-state index contributed by atoms with van der Waals surface area (Å²) < 4.78 is 5.17. The molecule has 21 heavy (non-hydrogen) atoms. The highest BCUT2D eigenvalue weighted by molar-refractivity contribution is 5.94. The van der Waals surface area contributed by atoms with Gasteiger partial charge in [0.15, 0.2) is 0 Å². The van der Waals surface area contributed by atoms with Crippen LogP contribution in [0.15, 0.2) is 16.7 Å². The summed E-state index contributed by atoms with van der Waals surface area (Å²) in [7, 11) is 4.06. The van der Waals surface area contributed by atoms with Crippen molar-refractivity contribution in [1.82, 2.24) is 10.2 Å². The molecule has 0 saturated heterocycles. The van der Waals surface area contributed by atoms with Gasteiger partial charge in [0.05, 0.1) is 12.1 Å². The molecular formula is C14H27Cl2N3O2. The normalized spacial score (nSPS) is 12.3. The van der Waals surface area contributed by atoms with E-state index < -0.39 is 0 Å². The van der Waals surface area contributed by atoms with Crippen molar-refractivity contribution in [3.8, 4) is 0 Å². The summed E-state index contributed by atoms with van der Waals surface area (Å²) in [6.07, 6.45) is 1.45. The Morgan fingerprint density at radius 3 is 2.43 bits per heavy atom. The van der Waals surface area contributed by atoms with Crippen molar-refractivity contribution in [1.29, 1.82) is 0 Å². The molecule has 0 fully saturated rings. The van der Waals surface area contributed by atoms with Gasteiger partial charge >= 0.3 is 0 Å². The molecule has 3 N–H and O–H groups in total. The number of hydrogen-bond donors (Lipinski definition) is 2. The fourth-order valence-electron chi connectivity index (χ4n) is 2.03. The number of rotatable bonds is 6. The molecule has 1 amide bonds. The molecule has 0 aliphatic heterocycles. The second-order valence-corrected chi connectivity index (χ2v) is 5.93. The monoisotopic (exact) mass is 339 g/mol. The summed E-state index contributed by atoms with van der Waals surface area (Å²) in [6.45, 7) is 7.49. The summed E-state index contributed by atoms with van der Waals surface area (Å²) in [5.74, 6) is 0.494. The van der Waals surface area contributed by atoms with Crippen LogP contribution in [0.5, 0.6) is 0 Å². The van der Waals surface area contributed by atoms with Crippen LogP contribution in [0.4, 0.5) is 0 Å². The highest BCUT2D eigenvalue weighted by Crippen LogP contribution is 2.21. The minimum absolute atomic E-state index is 0. The average molecular weight is 340 g/mol. The van der Waals surface area contributed by atoms with Gasteiger partial charge in [-0.05, 0) is 32.5 Å². The smallest absolute Gasteiger partial charge is 0.254 e. The highest BCUT2D eigenvalue weighted by Gasteiger charge is 2.28. The number of hydrogen-bond acceptors (Lipinski definition) is 4. The Kier molecular flexibility index (Phi) is 9.98. The van der Waals surface area contributed by atoms with Crippen LogP contribution >= 0.6 is 24.8 Å². The molecule has 0 aliphatic carbocycles. The van der Waals surface area contributed by atoms with Crippen LogP contribution in [-0.2, 0) is 6.54 Å². The fourth-order valence-corrected chi connectivity index (χ4v) is 2.03. The molecule has 0 aliphatic rings. The number of amides is 1. The number of nitrogens with one attached hydrogen (secondary N) is 1. The number of halogens is 2. The van der Waals surface area contributed by atoms with Crippen molar-refractivity contribution in [3.63, 3.8) is 0 Å². The third kappa shape index (κ3) is 6.70. The van der Waals surface area contributed by atoms with E-state index in [1.807, 2.05) is 21.0 Å². The van der Waals surface area contributed by atoms with E-state index in [2.05, 4.69) is 24.1 Å².